The molecule has 0 heterocycles. The largest absolute Gasteiger partial charge is 0.379 e. The van der Waals surface area contributed by atoms with E-state index in [-0.39, 0.29) is 0 Å². The zero-order chi connectivity index (χ0) is 25.9. The van der Waals surface area contributed by atoms with Gasteiger partial charge in [-0.15, -0.1) is 0 Å². The molecule has 0 N–H and O–H groups in total. The average Bonchev–Trinajstić information content (AvgIpc) is 2.96. The SMILES string of the molecule is CCCCCOCCOCCOCCOCCOC(c1ccccc1)(c1ccccc1)c1ccccc1. The summed E-state index contributed by atoms with van der Waals surface area (Å²) in [6.07, 6.45) is 3.55. The molecule has 0 bridgehead atoms. The van der Waals surface area contributed by atoms with Crippen molar-refractivity contribution in [3.8, 4) is 0 Å². The van der Waals surface area contributed by atoms with Gasteiger partial charge in [-0.1, -0.05) is 111 Å². The van der Waals surface area contributed by atoms with Crippen LogP contribution >= 0.6 is 0 Å². The van der Waals surface area contributed by atoms with Crippen LogP contribution < -0.4 is 0 Å². The molecule has 200 valence electrons. The maximum absolute atomic E-state index is 6.70. The molecule has 0 aliphatic carbocycles. The van der Waals surface area contributed by atoms with E-state index in [1.165, 1.54) is 12.8 Å². The second kappa shape index (κ2) is 17.8. The van der Waals surface area contributed by atoms with E-state index >= 15 is 0 Å². The Morgan fingerprint density at radius 3 is 1.16 bits per heavy atom. The maximum atomic E-state index is 6.70. The fourth-order valence-electron chi connectivity index (χ4n) is 4.24. The van der Waals surface area contributed by atoms with Crippen molar-refractivity contribution in [3.05, 3.63) is 108 Å². The maximum Gasteiger partial charge on any atom is 0.143 e. The zero-order valence-electron chi connectivity index (χ0n) is 22.2. The molecule has 0 amide bonds. The molecule has 5 nitrogen and oxygen atoms in total. The van der Waals surface area contributed by atoms with Crippen molar-refractivity contribution in [2.45, 2.75) is 31.8 Å². The summed E-state index contributed by atoms with van der Waals surface area (Å²) < 4.78 is 29.2. The third-order valence-electron chi connectivity index (χ3n) is 6.10. The van der Waals surface area contributed by atoms with Crippen LogP contribution in [0.4, 0.5) is 0 Å². The van der Waals surface area contributed by atoms with Crippen LogP contribution in [0.2, 0.25) is 0 Å². The molecule has 0 aliphatic heterocycles. The summed E-state index contributed by atoms with van der Waals surface area (Å²) in [4.78, 5) is 0. The summed E-state index contributed by atoms with van der Waals surface area (Å²) in [5.74, 6) is 0. The van der Waals surface area contributed by atoms with Crippen LogP contribution in [0.25, 0.3) is 0 Å². The van der Waals surface area contributed by atoms with Gasteiger partial charge >= 0.3 is 0 Å². The number of ether oxygens (including phenoxy) is 5. The smallest absolute Gasteiger partial charge is 0.143 e. The average molecular weight is 507 g/mol. The standard InChI is InChI=1S/C32H42O5/c1-2-3-13-20-33-21-22-34-23-24-35-25-26-36-27-28-37-32(29-14-7-4-8-15-29,30-16-9-5-10-17-30)31-18-11-6-12-19-31/h4-12,14-19H,2-3,13,20-28H2,1H3. The van der Waals surface area contributed by atoms with Crippen LogP contribution in [0.3, 0.4) is 0 Å². The normalized spacial score (nSPS) is 11.6. The molecule has 0 fully saturated rings. The minimum atomic E-state index is -0.722. The zero-order valence-corrected chi connectivity index (χ0v) is 22.2. The molecule has 3 aromatic carbocycles. The molecule has 0 saturated carbocycles. The number of hydrogen-bond acceptors (Lipinski definition) is 5. The Labute approximate surface area is 222 Å². The highest BCUT2D eigenvalue weighted by molar-refractivity contribution is 5.47. The predicted molar refractivity (Wildman–Crippen MR) is 148 cm³/mol. The molecule has 0 aromatic heterocycles. The molecule has 0 saturated heterocycles. The van der Waals surface area contributed by atoms with Gasteiger partial charge in [-0.25, -0.2) is 0 Å². The second-order valence-electron chi connectivity index (χ2n) is 8.78. The van der Waals surface area contributed by atoms with Crippen LogP contribution in [0.15, 0.2) is 91.0 Å². The van der Waals surface area contributed by atoms with E-state index in [0.717, 1.165) is 29.7 Å². The third kappa shape index (κ3) is 9.69. The molecular formula is C32H42O5. The number of benzene rings is 3. The number of hydrogen-bond donors (Lipinski definition) is 0. The number of unbranched alkanes of at least 4 members (excludes halogenated alkanes) is 2. The molecular weight excluding hydrogens is 464 g/mol. The molecule has 3 aromatic rings. The monoisotopic (exact) mass is 506 g/mol. The molecule has 0 aliphatic rings. The lowest BCUT2D eigenvalue weighted by Crippen LogP contribution is -2.34. The molecule has 0 radical (unpaired) electrons. The summed E-state index contributed by atoms with van der Waals surface area (Å²) in [6.45, 7) is 7.33. The third-order valence-corrected chi connectivity index (χ3v) is 6.10. The minimum Gasteiger partial charge on any atom is -0.379 e. The van der Waals surface area contributed by atoms with Crippen molar-refractivity contribution in [3.63, 3.8) is 0 Å². The lowest BCUT2D eigenvalue weighted by Gasteiger charge is -2.36. The van der Waals surface area contributed by atoms with Gasteiger partial charge in [0.05, 0.1) is 52.9 Å². The van der Waals surface area contributed by atoms with E-state index in [1.807, 2.05) is 18.2 Å². The second-order valence-corrected chi connectivity index (χ2v) is 8.78. The van der Waals surface area contributed by atoms with Gasteiger partial charge < -0.3 is 23.7 Å². The number of rotatable bonds is 20. The highest BCUT2D eigenvalue weighted by atomic mass is 16.6. The Morgan fingerprint density at radius 2 is 0.784 bits per heavy atom. The van der Waals surface area contributed by atoms with E-state index in [1.54, 1.807) is 0 Å². The molecule has 3 rings (SSSR count). The van der Waals surface area contributed by atoms with E-state index in [4.69, 9.17) is 23.7 Å². The first-order valence-corrected chi connectivity index (χ1v) is 13.5. The fraction of sp³-hybridized carbons (Fsp3) is 0.438. The highest BCUT2D eigenvalue weighted by Gasteiger charge is 2.37. The molecule has 5 heteroatoms. The minimum absolute atomic E-state index is 0.444. The summed E-state index contributed by atoms with van der Waals surface area (Å²) in [5.41, 5.74) is 2.53. The molecule has 0 atom stereocenters. The predicted octanol–water partition coefficient (Wildman–Crippen LogP) is 6.25. The van der Waals surface area contributed by atoms with E-state index < -0.39 is 5.60 Å². The van der Waals surface area contributed by atoms with Gasteiger partial charge in [-0.2, -0.15) is 0 Å². The topological polar surface area (TPSA) is 46.2 Å². The Morgan fingerprint density at radius 1 is 0.432 bits per heavy atom. The van der Waals surface area contributed by atoms with Gasteiger partial charge in [0, 0.05) is 6.61 Å². The Hall–Kier alpha value is -2.54. The summed E-state index contributed by atoms with van der Waals surface area (Å²) >= 11 is 0. The van der Waals surface area contributed by atoms with Crippen LogP contribution in [0, 0.1) is 0 Å². The fourth-order valence-corrected chi connectivity index (χ4v) is 4.24. The highest BCUT2D eigenvalue weighted by Crippen LogP contribution is 2.40. The van der Waals surface area contributed by atoms with Crippen molar-refractivity contribution in [2.24, 2.45) is 0 Å². The molecule has 37 heavy (non-hydrogen) atoms. The first-order chi connectivity index (χ1) is 18.4. The summed E-state index contributed by atoms with van der Waals surface area (Å²) in [5, 5.41) is 0. The van der Waals surface area contributed by atoms with Crippen LogP contribution in [0.5, 0.6) is 0 Å². The lowest BCUT2D eigenvalue weighted by atomic mass is 9.80. The van der Waals surface area contributed by atoms with Crippen molar-refractivity contribution < 1.29 is 23.7 Å². The van der Waals surface area contributed by atoms with Gasteiger partial charge in [0.15, 0.2) is 0 Å². The van der Waals surface area contributed by atoms with Crippen LogP contribution in [-0.4, -0.2) is 59.5 Å². The van der Waals surface area contributed by atoms with Gasteiger partial charge in [0.25, 0.3) is 0 Å². The van der Waals surface area contributed by atoms with E-state index in [9.17, 15) is 0 Å². The van der Waals surface area contributed by atoms with Gasteiger partial charge in [0.1, 0.15) is 5.60 Å². The van der Waals surface area contributed by atoms with Gasteiger partial charge in [-0.05, 0) is 23.1 Å². The Balaban J connectivity index is 1.41. The quantitative estimate of drug-likeness (QED) is 0.134. The molecule has 0 unspecified atom stereocenters. The van der Waals surface area contributed by atoms with Gasteiger partial charge in [0.2, 0.25) is 0 Å². The van der Waals surface area contributed by atoms with Crippen molar-refractivity contribution in [1.29, 1.82) is 0 Å². The van der Waals surface area contributed by atoms with Crippen molar-refractivity contribution >= 4 is 0 Å². The first-order valence-electron chi connectivity index (χ1n) is 13.5. The first kappa shape index (κ1) is 29.0. The summed E-state index contributed by atoms with van der Waals surface area (Å²) in [6, 6.07) is 31.1. The van der Waals surface area contributed by atoms with E-state index in [0.29, 0.717) is 52.9 Å². The van der Waals surface area contributed by atoms with Crippen molar-refractivity contribution in [2.75, 3.05) is 59.5 Å². The van der Waals surface area contributed by atoms with Gasteiger partial charge in [-0.3, -0.25) is 0 Å². The molecule has 0 spiro atoms. The Kier molecular flexibility index (Phi) is 14.0. The van der Waals surface area contributed by atoms with Crippen LogP contribution in [-0.2, 0) is 29.3 Å². The van der Waals surface area contributed by atoms with Crippen molar-refractivity contribution in [1.82, 2.24) is 0 Å². The summed E-state index contributed by atoms with van der Waals surface area (Å²) in [7, 11) is 0. The lowest BCUT2D eigenvalue weighted by molar-refractivity contribution is -0.0384. The van der Waals surface area contributed by atoms with Crippen LogP contribution in [0.1, 0.15) is 42.9 Å². The van der Waals surface area contributed by atoms with E-state index in [2.05, 4.69) is 79.7 Å². The Bertz CT molecular complexity index is 837.